The highest BCUT2D eigenvalue weighted by atomic mass is 19.3. The molecule has 0 aliphatic heterocycles. The van der Waals surface area contributed by atoms with Crippen LogP contribution in [0.5, 0.6) is 0 Å². The van der Waals surface area contributed by atoms with E-state index in [0.717, 1.165) is 5.56 Å². The van der Waals surface area contributed by atoms with E-state index in [2.05, 4.69) is 0 Å². The minimum Gasteiger partial charge on any atom is -0.293 e. The highest BCUT2D eigenvalue weighted by Gasteiger charge is 2.46. The zero-order chi connectivity index (χ0) is 10.1. The number of hydrogen-bond acceptors (Lipinski definition) is 1. The molecule has 2 unspecified atom stereocenters. The van der Waals surface area contributed by atoms with Crippen molar-refractivity contribution in [2.24, 2.45) is 5.92 Å². The van der Waals surface area contributed by atoms with E-state index in [1.54, 1.807) is 0 Å². The monoisotopic (exact) mass is 196 g/mol. The number of Topliss-reactive ketones (excluding diaryl/α,β-unsaturated/α-hetero) is 1. The minimum atomic E-state index is -2.81. The van der Waals surface area contributed by atoms with Gasteiger partial charge < -0.3 is 0 Å². The zero-order valence-corrected chi connectivity index (χ0v) is 7.49. The Balaban J connectivity index is 2.03. The molecule has 2 rings (SSSR count). The Morgan fingerprint density at radius 1 is 1.29 bits per heavy atom. The van der Waals surface area contributed by atoms with Crippen LogP contribution in [0, 0.1) is 5.92 Å². The number of halogens is 2. The number of benzene rings is 1. The molecule has 1 fully saturated rings. The fraction of sp³-hybridized carbons (Fsp3) is 0.364. The van der Waals surface area contributed by atoms with Crippen molar-refractivity contribution < 1.29 is 13.6 Å². The Bertz CT molecular complexity index is 334. The molecule has 0 heterocycles. The van der Waals surface area contributed by atoms with Crippen LogP contribution in [0.25, 0.3) is 0 Å². The van der Waals surface area contributed by atoms with Gasteiger partial charge >= 0.3 is 0 Å². The standard InChI is InChI=1S/C11H10F2O/c12-11(13)10(14)9-6-8(9)7-4-2-1-3-5-7/h1-5,8-9,11H,6H2. The molecule has 1 aliphatic rings. The van der Waals surface area contributed by atoms with Crippen LogP contribution in [0.15, 0.2) is 30.3 Å². The molecule has 1 aromatic carbocycles. The summed E-state index contributed by atoms with van der Waals surface area (Å²) in [6.07, 6.45) is -2.23. The van der Waals surface area contributed by atoms with Gasteiger partial charge in [-0.25, -0.2) is 8.78 Å². The van der Waals surface area contributed by atoms with Gasteiger partial charge in [0.2, 0.25) is 5.78 Å². The van der Waals surface area contributed by atoms with E-state index in [9.17, 15) is 13.6 Å². The van der Waals surface area contributed by atoms with E-state index in [1.165, 1.54) is 0 Å². The van der Waals surface area contributed by atoms with Gasteiger partial charge in [-0.05, 0) is 17.9 Å². The number of carbonyl (C=O) groups is 1. The topological polar surface area (TPSA) is 17.1 Å². The number of ketones is 1. The first kappa shape index (κ1) is 9.31. The Kier molecular flexibility index (Phi) is 2.32. The second-order valence-electron chi connectivity index (χ2n) is 3.56. The van der Waals surface area contributed by atoms with Crippen molar-refractivity contribution in [3.63, 3.8) is 0 Å². The Morgan fingerprint density at radius 2 is 1.93 bits per heavy atom. The second-order valence-corrected chi connectivity index (χ2v) is 3.56. The third-order valence-corrected chi connectivity index (χ3v) is 2.60. The molecule has 0 aromatic heterocycles. The van der Waals surface area contributed by atoms with Crippen molar-refractivity contribution in [2.45, 2.75) is 18.8 Å². The summed E-state index contributed by atoms with van der Waals surface area (Å²) in [4.78, 5) is 10.9. The van der Waals surface area contributed by atoms with Crippen molar-refractivity contribution in [2.75, 3.05) is 0 Å². The Hall–Kier alpha value is -1.25. The van der Waals surface area contributed by atoms with Gasteiger partial charge in [0.1, 0.15) is 0 Å². The van der Waals surface area contributed by atoms with Crippen molar-refractivity contribution in [1.29, 1.82) is 0 Å². The summed E-state index contributed by atoms with van der Waals surface area (Å²) in [6.45, 7) is 0. The summed E-state index contributed by atoms with van der Waals surface area (Å²) >= 11 is 0. The van der Waals surface area contributed by atoms with E-state index in [-0.39, 0.29) is 5.92 Å². The van der Waals surface area contributed by atoms with Crippen molar-refractivity contribution >= 4 is 5.78 Å². The first-order valence-electron chi connectivity index (χ1n) is 4.57. The summed E-state index contributed by atoms with van der Waals surface area (Å²) in [5.74, 6) is -1.33. The van der Waals surface area contributed by atoms with Gasteiger partial charge in [0.15, 0.2) is 0 Å². The normalized spacial score (nSPS) is 25.1. The van der Waals surface area contributed by atoms with Gasteiger partial charge in [0.25, 0.3) is 6.43 Å². The van der Waals surface area contributed by atoms with Crippen molar-refractivity contribution in [3.8, 4) is 0 Å². The van der Waals surface area contributed by atoms with Crippen LogP contribution in [0.1, 0.15) is 17.9 Å². The molecule has 0 saturated heterocycles. The lowest BCUT2D eigenvalue weighted by Gasteiger charge is -1.98. The van der Waals surface area contributed by atoms with E-state index in [1.807, 2.05) is 30.3 Å². The number of alkyl halides is 2. The summed E-state index contributed by atoms with van der Waals surface area (Å²) < 4.78 is 24.1. The molecule has 1 saturated carbocycles. The van der Waals surface area contributed by atoms with Gasteiger partial charge in [-0.15, -0.1) is 0 Å². The molecule has 0 N–H and O–H groups in total. The predicted octanol–water partition coefficient (Wildman–Crippen LogP) is 2.62. The average molecular weight is 196 g/mol. The first-order valence-corrected chi connectivity index (χ1v) is 4.57. The smallest absolute Gasteiger partial charge is 0.293 e. The lowest BCUT2D eigenvalue weighted by atomic mass is 10.1. The summed E-state index contributed by atoms with van der Waals surface area (Å²) in [5.41, 5.74) is 0.992. The van der Waals surface area contributed by atoms with Gasteiger partial charge in [-0.2, -0.15) is 0 Å². The van der Waals surface area contributed by atoms with Gasteiger partial charge in [0, 0.05) is 5.92 Å². The molecule has 0 amide bonds. The number of hydrogen-bond donors (Lipinski definition) is 0. The molecule has 0 spiro atoms. The lowest BCUT2D eigenvalue weighted by Crippen LogP contribution is -2.12. The molecule has 14 heavy (non-hydrogen) atoms. The van der Waals surface area contributed by atoms with E-state index in [0.29, 0.717) is 6.42 Å². The van der Waals surface area contributed by atoms with E-state index < -0.39 is 18.1 Å². The molecular formula is C11H10F2O. The quantitative estimate of drug-likeness (QED) is 0.726. The Labute approximate surface area is 80.7 Å². The minimum absolute atomic E-state index is 0.0256. The largest absolute Gasteiger partial charge is 0.296 e. The molecule has 1 aliphatic carbocycles. The van der Waals surface area contributed by atoms with Crippen molar-refractivity contribution in [1.82, 2.24) is 0 Å². The molecule has 0 bridgehead atoms. The van der Waals surface area contributed by atoms with Crippen LogP contribution >= 0.6 is 0 Å². The third kappa shape index (κ3) is 1.67. The molecular weight excluding hydrogens is 186 g/mol. The zero-order valence-electron chi connectivity index (χ0n) is 7.49. The molecule has 0 radical (unpaired) electrons. The van der Waals surface area contributed by atoms with Crippen LogP contribution in [0.2, 0.25) is 0 Å². The fourth-order valence-electron chi connectivity index (χ4n) is 1.74. The Morgan fingerprint density at radius 3 is 2.50 bits per heavy atom. The predicted molar refractivity (Wildman–Crippen MR) is 48.3 cm³/mol. The van der Waals surface area contributed by atoms with Crippen molar-refractivity contribution in [3.05, 3.63) is 35.9 Å². The number of rotatable bonds is 3. The molecule has 74 valence electrons. The van der Waals surface area contributed by atoms with E-state index in [4.69, 9.17) is 0 Å². The second kappa shape index (κ2) is 3.48. The summed E-state index contributed by atoms with van der Waals surface area (Å²) in [6, 6.07) is 9.35. The van der Waals surface area contributed by atoms with Gasteiger partial charge in [0.05, 0.1) is 0 Å². The van der Waals surface area contributed by atoms with Crippen LogP contribution in [-0.2, 0) is 4.79 Å². The average Bonchev–Trinajstić information content (AvgIpc) is 2.97. The van der Waals surface area contributed by atoms with Crippen LogP contribution < -0.4 is 0 Å². The fourth-order valence-corrected chi connectivity index (χ4v) is 1.74. The first-order chi connectivity index (χ1) is 6.70. The van der Waals surface area contributed by atoms with E-state index >= 15 is 0 Å². The molecule has 3 heteroatoms. The van der Waals surface area contributed by atoms with Crippen LogP contribution in [0.4, 0.5) is 8.78 Å². The SMILES string of the molecule is O=C(C(F)F)C1CC1c1ccccc1. The molecule has 2 atom stereocenters. The van der Waals surface area contributed by atoms with Crippen LogP contribution in [-0.4, -0.2) is 12.2 Å². The van der Waals surface area contributed by atoms with Crippen LogP contribution in [0.3, 0.4) is 0 Å². The maximum Gasteiger partial charge on any atom is 0.296 e. The van der Waals surface area contributed by atoms with Gasteiger partial charge in [-0.3, -0.25) is 4.79 Å². The maximum atomic E-state index is 12.1. The summed E-state index contributed by atoms with van der Waals surface area (Å²) in [7, 11) is 0. The highest BCUT2D eigenvalue weighted by molar-refractivity contribution is 5.87. The third-order valence-electron chi connectivity index (χ3n) is 2.60. The highest BCUT2D eigenvalue weighted by Crippen LogP contribution is 2.48. The lowest BCUT2D eigenvalue weighted by molar-refractivity contribution is -0.130. The molecule has 1 nitrogen and oxygen atoms in total. The summed E-state index contributed by atoms with van der Waals surface area (Å²) in [5, 5.41) is 0. The van der Waals surface area contributed by atoms with Gasteiger partial charge in [-0.1, -0.05) is 30.3 Å². The molecule has 1 aromatic rings. The maximum absolute atomic E-state index is 12.1. The number of carbonyl (C=O) groups excluding carboxylic acids is 1.